The molecular weight excluding hydrogens is 132 g/mol. The van der Waals surface area contributed by atoms with Crippen LogP contribution in [0, 0.1) is 0 Å². The fourth-order valence-corrected chi connectivity index (χ4v) is 0.654. The lowest BCUT2D eigenvalue weighted by Crippen LogP contribution is -1.82. The minimum Gasteiger partial charge on any atom is -0.496 e. The zero-order valence-corrected chi connectivity index (χ0v) is 6.90. The smallest absolute Gasteiger partial charge is 0.127 e. The number of allylic oxidation sites excluding steroid dienone is 3. The van der Waals surface area contributed by atoms with Crippen LogP contribution in [0.15, 0.2) is 22.8 Å². The quantitative estimate of drug-likeness (QED) is 0.355. The van der Waals surface area contributed by atoms with Gasteiger partial charge in [0.05, 0.1) is 7.11 Å². The van der Waals surface area contributed by atoms with E-state index in [9.17, 15) is 0 Å². The summed E-state index contributed by atoms with van der Waals surface area (Å²) in [5.74, 6) is 0.820. The molecule has 0 atom stereocenters. The van der Waals surface area contributed by atoms with Gasteiger partial charge >= 0.3 is 0 Å². The summed E-state index contributed by atoms with van der Waals surface area (Å²) < 4.78 is 4.97. The molecule has 0 aliphatic carbocycles. The summed E-state index contributed by atoms with van der Waals surface area (Å²) in [7, 11) is 1.63. The topological polar surface area (TPSA) is 9.23 Å². The molecule has 0 aromatic rings. The Bertz CT molecular complexity index is 132. The highest BCUT2D eigenvalue weighted by Crippen LogP contribution is 2.08. The van der Waals surface area contributed by atoms with Gasteiger partial charge in [-0.1, -0.05) is 6.08 Å². The van der Waals surface area contributed by atoms with E-state index in [1.165, 1.54) is 0 Å². The monoisotopic (exact) mass is 144 g/mol. The Kier molecular flexibility index (Phi) is 4.32. The molecule has 0 unspecified atom stereocenters. The minimum atomic E-state index is 0.820. The SMILES string of the molecule is C/C=C\C(OC)=C(/C)S. The predicted octanol–water partition coefficient (Wildman–Crippen LogP) is 2.37. The van der Waals surface area contributed by atoms with Gasteiger partial charge in [-0.2, -0.15) is 0 Å². The van der Waals surface area contributed by atoms with Crippen molar-refractivity contribution in [1.29, 1.82) is 0 Å². The Labute approximate surface area is 61.8 Å². The fourth-order valence-electron chi connectivity index (χ4n) is 0.488. The Morgan fingerprint density at radius 1 is 1.56 bits per heavy atom. The van der Waals surface area contributed by atoms with Crippen molar-refractivity contribution in [2.24, 2.45) is 0 Å². The molecule has 2 heteroatoms. The molecule has 0 rings (SSSR count). The second-order valence-electron chi connectivity index (χ2n) is 1.65. The normalized spacial score (nSPS) is 13.8. The molecule has 0 aliphatic rings. The largest absolute Gasteiger partial charge is 0.496 e. The van der Waals surface area contributed by atoms with Crippen molar-refractivity contribution in [1.82, 2.24) is 0 Å². The predicted molar refractivity (Wildman–Crippen MR) is 43.5 cm³/mol. The molecule has 0 saturated carbocycles. The minimum absolute atomic E-state index is 0.820. The molecule has 0 aliphatic heterocycles. The summed E-state index contributed by atoms with van der Waals surface area (Å²) in [6.07, 6.45) is 3.79. The second kappa shape index (κ2) is 4.50. The molecule has 0 aromatic heterocycles. The summed E-state index contributed by atoms with van der Waals surface area (Å²) in [6.45, 7) is 3.83. The molecule has 1 nitrogen and oxygen atoms in total. The van der Waals surface area contributed by atoms with Crippen LogP contribution in [0.1, 0.15) is 13.8 Å². The van der Waals surface area contributed by atoms with Crippen molar-refractivity contribution < 1.29 is 4.74 Å². The van der Waals surface area contributed by atoms with E-state index in [2.05, 4.69) is 12.6 Å². The molecular formula is C7H12OS. The third-order valence-electron chi connectivity index (χ3n) is 0.895. The number of hydrogen-bond acceptors (Lipinski definition) is 2. The van der Waals surface area contributed by atoms with Crippen molar-refractivity contribution in [2.75, 3.05) is 7.11 Å². The average Bonchev–Trinajstić information content (AvgIpc) is 1.82. The Hall–Kier alpha value is -0.370. The van der Waals surface area contributed by atoms with Crippen LogP contribution in [0.25, 0.3) is 0 Å². The Morgan fingerprint density at radius 2 is 2.11 bits per heavy atom. The lowest BCUT2D eigenvalue weighted by Gasteiger charge is -1.99. The van der Waals surface area contributed by atoms with Gasteiger partial charge in [0.2, 0.25) is 0 Å². The van der Waals surface area contributed by atoms with Gasteiger partial charge in [-0.3, -0.25) is 0 Å². The van der Waals surface area contributed by atoms with E-state index in [4.69, 9.17) is 4.74 Å². The van der Waals surface area contributed by atoms with Crippen LogP contribution in [0.4, 0.5) is 0 Å². The molecule has 0 aromatic carbocycles. The van der Waals surface area contributed by atoms with Crippen LogP contribution in [0.3, 0.4) is 0 Å². The third kappa shape index (κ3) is 3.25. The third-order valence-corrected chi connectivity index (χ3v) is 1.11. The standard InChI is InChI=1S/C7H12OS/c1-4-5-7(8-3)6(2)9/h4-5,9H,1-3H3/b5-4-,7-6-. The van der Waals surface area contributed by atoms with Crippen LogP contribution in [-0.4, -0.2) is 7.11 Å². The molecule has 0 N–H and O–H groups in total. The Morgan fingerprint density at radius 3 is 2.22 bits per heavy atom. The molecule has 0 radical (unpaired) electrons. The van der Waals surface area contributed by atoms with Crippen LogP contribution in [0.5, 0.6) is 0 Å². The van der Waals surface area contributed by atoms with Gasteiger partial charge < -0.3 is 4.74 Å². The number of thiol groups is 1. The van der Waals surface area contributed by atoms with E-state index in [1.807, 2.05) is 26.0 Å². The first-order chi connectivity index (χ1) is 4.22. The highest BCUT2D eigenvalue weighted by Gasteiger charge is 1.89. The molecule has 0 fully saturated rings. The maximum Gasteiger partial charge on any atom is 0.127 e. The summed E-state index contributed by atoms with van der Waals surface area (Å²) in [4.78, 5) is 0.899. The molecule has 0 bridgehead atoms. The van der Waals surface area contributed by atoms with Crippen LogP contribution in [-0.2, 0) is 4.74 Å². The van der Waals surface area contributed by atoms with E-state index in [1.54, 1.807) is 7.11 Å². The first-order valence-corrected chi connectivity index (χ1v) is 3.23. The van der Waals surface area contributed by atoms with Crippen LogP contribution < -0.4 is 0 Å². The van der Waals surface area contributed by atoms with E-state index in [0.29, 0.717) is 0 Å². The van der Waals surface area contributed by atoms with E-state index in [-0.39, 0.29) is 0 Å². The molecule has 0 spiro atoms. The number of methoxy groups -OCH3 is 1. The lowest BCUT2D eigenvalue weighted by molar-refractivity contribution is 0.305. The summed E-state index contributed by atoms with van der Waals surface area (Å²) in [5, 5.41) is 0. The average molecular weight is 144 g/mol. The van der Waals surface area contributed by atoms with Crippen molar-refractivity contribution in [3.63, 3.8) is 0 Å². The van der Waals surface area contributed by atoms with E-state index >= 15 is 0 Å². The first kappa shape index (κ1) is 8.63. The first-order valence-electron chi connectivity index (χ1n) is 2.79. The van der Waals surface area contributed by atoms with Gasteiger partial charge in [0.25, 0.3) is 0 Å². The maximum atomic E-state index is 4.97. The summed E-state index contributed by atoms with van der Waals surface area (Å²) in [5.41, 5.74) is 0. The van der Waals surface area contributed by atoms with Gasteiger partial charge in [0, 0.05) is 4.91 Å². The number of ether oxygens (including phenoxy) is 1. The Balaban J connectivity index is 4.16. The van der Waals surface area contributed by atoms with Crippen molar-refractivity contribution in [3.05, 3.63) is 22.8 Å². The molecule has 9 heavy (non-hydrogen) atoms. The molecule has 0 amide bonds. The highest BCUT2D eigenvalue weighted by atomic mass is 32.1. The van der Waals surface area contributed by atoms with Crippen LogP contribution in [0.2, 0.25) is 0 Å². The van der Waals surface area contributed by atoms with Gasteiger partial charge in [-0.15, -0.1) is 12.6 Å². The van der Waals surface area contributed by atoms with Crippen molar-refractivity contribution in [2.45, 2.75) is 13.8 Å². The maximum absolute atomic E-state index is 4.97. The molecule has 0 saturated heterocycles. The molecule has 52 valence electrons. The lowest BCUT2D eigenvalue weighted by atomic mass is 10.4. The summed E-state index contributed by atoms with van der Waals surface area (Å²) >= 11 is 4.11. The second-order valence-corrected chi connectivity index (χ2v) is 2.32. The van der Waals surface area contributed by atoms with Crippen molar-refractivity contribution >= 4 is 12.6 Å². The van der Waals surface area contributed by atoms with Gasteiger partial charge in [0.15, 0.2) is 0 Å². The summed E-state index contributed by atoms with van der Waals surface area (Å²) in [6, 6.07) is 0. The van der Waals surface area contributed by atoms with Crippen LogP contribution >= 0.6 is 12.6 Å². The molecule has 0 heterocycles. The number of hydrogen-bond donors (Lipinski definition) is 1. The van der Waals surface area contributed by atoms with E-state index in [0.717, 1.165) is 10.7 Å². The number of rotatable bonds is 2. The zero-order valence-electron chi connectivity index (χ0n) is 6.01. The fraction of sp³-hybridized carbons (Fsp3) is 0.429. The van der Waals surface area contributed by atoms with E-state index < -0.39 is 0 Å². The van der Waals surface area contributed by atoms with Gasteiger partial charge in [-0.25, -0.2) is 0 Å². The van der Waals surface area contributed by atoms with Gasteiger partial charge in [-0.05, 0) is 19.9 Å². The highest BCUT2D eigenvalue weighted by molar-refractivity contribution is 7.84. The zero-order chi connectivity index (χ0) is 7.28. The van der Waals surface area contributed by atoms with Crippen molar-refractivity contribution in [3.8, 4) is 0 Å². The van der Waals surface area contributed by atoms with Gasteiger partial charge in [0.1, 0.15) is 5.76 Å².